The first-order valence-electron chi connectivity index (χ1n) is 7.57. The highest BCUT2D eigenvalue weighted by Crippen LogP contribution is 2.31. The Kier molecular flexibility index (Phi) is 6.35. The van der Waals surface area contributed by atoms with Gasteiger partial charge >= 0.3 is 5.97 Å². The number of rotatable bonds is 8. The van der Waals surface area contributed by atoms with Crippen LogP contribution in [0.5, 0.6) is 11.5 Å². The second kappa shape index (κ2) is 8.48. The van der Waals surface area contributed by atoms with Crippen molar-refractivity contribution in [1.82, 2.24) is 10.3 Å². The molecule has 8 heteroatoms. The highest BCUT2D eigenvalue weighted by molar-refractivity contribution is 7.09. The second-order valence-corrected chi connectivity index (χ2v) is 6.43. The largest absolute Gasteiger partial charge is 0.493 e. The van der Waals surface area contributed by atoms with Crippen molar-refractivity contribution in [2.75, 3.05) is 14.2 Å². The maximum Gasteiger partial charge on any atom is 0.305 e. The van der Waals surface area contributed by atoms with Crippen LogP contribution >= 0.6 is 11.3 Å². The summed E-state index contributed by atoms with van der Waals surface area (Å²) in [5.74, 6) is -0.291. The molecule has 134 valence electrons. The van der Waals surface area contributed by atoms with Crippen molar-refractivity contribution in [2.45, 2.75) is 25.8 Å². The predicted octanol–water partition coefficient (Wildman–Crippen LogP) is 2.34. The van der Waals surface area contributed by atoms with Gasteiger partial charge in [0, 0.05) is 5.38 Å². The third kappa shape index (κ3) is 5.18. The van der Waals surface area contributed by atoms with Crippen molar-refractivity contribution in [1.29, 1.82) is 0 Å². The van der Waals surface area contributed by atoms with Gasteiger partial charge in [-0.3, -0.25) is 9.59 Å². The van der Waals surface area contributed by atoms with E-state index in [4.69, 9.17) is 14.6 Å². The number of methoxy groups -OCH3 is 2. The fraction of sp³-hybridized carbons (Fsp3) is 0.353. The van der Waals surface area contributed by atoms with Gasteiger partial charge in [-0.15, -0.1) is 11.3 Å². The highest BCUT2D eigenvalue weighted by atomic mass is 32.1. The van der Waals surface area contributed by atoms with E-state index in [2.05, 4.69) is 10.3 Å². The molecule has 25 heavy (non-hydrogen) atoms. The van der Waals surface area contributed by atoms with E-state index in [1.54, 1.807) is 18.2 Å². The van der Waals surface area contributed by atoms with Gasteiger partial charge in [-0.1, -0.05) is 6.07 Å². The molecule has 1 amide bonds. The Hall–Kier alpha value is -2.61. The van der Waals surface area contributed by atoms with Crippen molar-refractivity contribution >= 4 is 23.2 Å². The first-order chi connectivity index (χ1) is 11.9. The van der Waals surface area contributed by atoms with E-state index >= 15 is 0 Å². The van der Waals surface area contributed by atoms with E-state index in [0.717, 1.165) is 5.01 Å². The molecule has 1 unspecified atom stereocenters. The fourth-order valence-electron chi connectivity index (χ4n) is 2.40. The molecular formula is C17H20N2O5S. The van der Waals surface area contributed by atoms with Gasteiger partial charge in [0.2, 0.25) is 5.91 Å². The van der Waals surface area contributed by atoms with Gasteiger partial charge in [0.15, 0.2) is 11.5 Å². The predicted molar refractivity (Wildman–Crippen MR) is 93.2 cm³/mol. The summed E-state index contributed by atoms with van der Waals surface area (Å²) in [5, 5.41) is 14.6. The third-order valence-electron chi connectivity index (χ3n) is 3.53. The van der Waals surface area contributed by atoms with Crippen LogP contribution in [0.2, 0.25) is 0 Å². The Morgan fingerprint density at radius 2 is 2.00 bits per heavy atom. The van der Waals surface area contributed by atoms with Gasteiger partial charge in [-0.25, -0.2) is 4.98 Å². The molecule has 2 N–H and O–H groups in total. The fourth-order valence-corrected chi connectivity index (χ4v) is 3.01. The number of aliphatic carboxylic acids is 1. The van der Waals surface area contributed by atoms with Crippen LogP contribution in [0.4, 0.5) is 0 Å². The van der Waals surface area contributed by atoms with Gasteiger partial charge in [0.25, 0.3) is 0 Å². The molecule has 1 aromatic heterocycles. The van der Waals surface area contributed by atoms with Crippen molar-refractivity contribution in [3.63, 3.8) is 0 Å². The van der Waals surface area contributed by atoms with Crippen molar-refractivity contribution < 1.29 is 24.2 Å². The van der Waals surface area contributed by atoms with Crippen LogP contribution in [0.1, 0.15) is 28.7 Å². The van der Waals surface area contributed by atoms with Gasteiger partial charge in [0.05, 0.1) is 43.8 Å². The third-order valence-corrected chi connectivity index (χ3v) is 4.35. The molecule has 0 spiro atoms. The maximum absolute atomic E-state index is 12.3. The van der Waals surface area contributed by atoms with Gasteiger partial charge in [-0.05, 0) is 24.6 Å². The quantitative estimate of drug-likeness (QED) is 0.746. The summed E-state index contributed by atoms with van der Waals surface area (Å²) in [6.07, 6.45) is -0.134. The first-order valence-corrected chi connectivity index (χ1v) is 8.45. The summed E-state index contributed by atoms with van der Waals surface area (Å²) >= 11 is 1.47. The molecule has 0 fully saturated rings. The molecule has 1 atom stereocenters. The number of carbonyl (C=O) groups excluding carboxylic acids is 1. The molecule has 0 aliphatic heterocycles. The molecule has 7 nitrogen and oxygen atoms in total. The summed E-state index contributed by atoms with van der Waals surface area (Å²) < 4.78 is 10.4. The number of aryl methyl sites for hydroxylation is 1. The van der Waals surface area contributed by atoms with Crippen LogP contribution in [0.3, 0.4) is 0 Å². The average molecular weight is 364 g/mol. The number of aromatic nitrogens is 1. The van der Waals surface area contributed by atoms with Crippen molar-refractivity contribution in [2.24, 2.45) is 0 Å². The van der Waals surface area contributed by atoms with Gasteiger partial charge < -0.3 is 19.9 Å². The molecule has 0 aliphatic carbocycles. The molecular weight excluding hydrogens is 344 g/mol. The summed E-state index contributed by atoms with van der Waals surface area (Å²) in [7, 11) is 3.01. The van der Waals surface area contributed by atoms with Crippen LogP contribution < -0.4 is 14.8 Å². The van der Waals surface area contributed by atoms with Crippen molar-refractivity contribution in [3.8, 4) is 11.5 Å². The molecule has 0 radical (unpaired) electrons. The molecule has 2 aromatic rings. The zero-order valence-corrected chi connectivity index (χ0v) is 15.1. The maximum atomic E-state index is 12.3. The standard InChI is InChI=1S/C17H20N2O5S/c1-10-18-12(9-25-10)7-16(20)19-13(8-17(21)22)11-4-5-14(23-2)15(6-11)24-3/h4-6,9,13H,7-8H2,1-3H3,(H,19,20)(H,21,22). The molecule has 0 aliphatic rings. The average Bonchev–Trinajstić information content (AvgIpc) is 2.97. The number of carbonyl (C=O) groups is 2. The van der Waals surface area contributed by atoms with Crippen LogP contribution in [0.25, 0.3) is 0 Å². The van der Waals surface area contributed by atoms with Crippen LogP contribution in [-0.2, 0) is 16.0 Å². The van der Waals surface area contributed by atoms with E-state index in [-0.39, 0.29) is 18.7 Å². The summed E-state index contributed by atoms with van der Waals surface area (Å²) in [6.45, 7) is 1.86. The minimum Gasteiger partial charge on any atom is -0.493 e. The minimum absolute atomic E-state index is 0.105. The number of hydrogen-bond donors (Lipinski definition) is 2. The van der Waals surface area contributed by atoms with Gasteiger partial charge in [0.1, 0.15) is 0 Å². The second-order valence-electron chi connectivity index (χ2n) is 5.37. The molecule has 0 saturated carbocycles. The number of carboxylic acids is 1. The van der Waals surface area contributed by atoms with Crippen LogP contribution in [0.15, 0.2) is 23.6 Å². The zero-order valence-electron chi connectivity index (χ0n) is 14.2. The number of carboxylic acid groups (broad SMARTS) is 1. The van der Waals surface area contributed by atoms with E-state index in [1.807, 2.05) is 12.3 Å². The van der Waals surface area contributed by atoms with Crippen molar-refractivity contribution in [3.05, 3.63) is 39.8 Å². The number of nitrogens with one attached hydrogen (secondary N) is 1. The SMILES string of the molecule is COc1ccc(C(CC(=O)O)NC(=O)Cc2csc(C)n2)cc1OC. The Morgan fingerprint density at radius 1 is 1.28 bits per heavy atom. The van der Waals surface area contributed by atoms with E-state index < -0.39 is 12.0 Å². The summed E-state index contributed by atoms with van der Waals surface area (Å²) in [4.78, 5) is 27.7. The Balaban J connectivity index is 2.17. The van der Waals surface area contributed by atoms with Gasteiger partial charge in [-0.2, -0.15) is 0 Å². The Morgan fingerprint density at radius 3 is 2.56 bits per heavy atom. The van der Waals surface area contributed by atoms with E-state index in [0.29, 0.717) is 22.8 Å². The Bertz CT molecular complexity index is 759. The number of benzene rings is 1. The lowest BCUT2D eigenvalue weighted by atomic mass is 10.0. The van der Waals surface area contributed by atoms with Crippen LogP contribution in [0, 0.1) is 6.92 Å². The zero-order chi connectivity index (χ0) is 18.4. The van der Waals surface area contributed by atoms with Crippen LogP contribution in [-0.4, -0.2) is 36.2 Å². The molecule has 0 saturated heterocycles. The Labute approximate surface area is 149 Å². The molecule has 2 rings (SSSR count). The molecule has 1 heterocycles. The number of nitrogens with zero attached hydrogens (tertiary/aromatic N) is 1. The monoisotopic (exact) mass is 364 g/mol. The lowest BCUT2D eigenvalue weighted by Crippen LogP contribution is -2.31. The number of ether oxygens (including phenoxy) is 2. The first kappa shape index (κ1) is 18.7. The van der Waals surface area contributed by atoms with E-state index in [9.17, 15) is 9.59 Å². The minimum atomic E-state index is -1.01. The lowest BCUT2D eigenvalue weighted by Gasteiger charge is -2.19. The molecule has 0 bridgehead atoms. The number of hydrogen-bond acceptors (Lipinski definition) is 6. The summed E-state index contributed by atoms with van der Waals surface area (Å²) in [5.41, 5.74) is 1.30. The normalized spacial score (nSPS) is 11.6. The number of thiazole rings is 1. The smallest absolute Gasteiger partial charge is 0.305 e. The highest BCUT2D eigenvalue weighted by Gasteiger charge is 2.20. The summed E-state index contributed by atoms with van der Waals surface area (Å²) in [6, 6.07) is 4.38. The topological polar surface area (TPSA) is 97.8 Å². The lowest BCUT2D eigenvalue weighted by molar-refractivity contribution is -0.137. The molecule has 1 aromatic carbocycles. The van der Waals surface area contributed by atoms with E-state index in [1.165, 1.54) is 25.6 Å². The number of amides is 1.